The number of rotatable bonds is 1. The summed E-state index contributed by atoms with van der Waals surface area (Å²) < 4.78 is 0. The van der Waals surface area contributed by atoms with Crippen LogP contribution < -0.4 is 0 Å². The average Bonchev–Trinajstić information content (AvgIpc) is 1.64. The summed E-state index contributed by atoms with van der Waals surface area (Å²) in [5.74, 6) is -0.558. The third-order valence-corrected chi connectivity index (χ3v) is 0.728. The van der Waals surface area contributed by atoms with E-state index in [-0.39, 0.29) is 12.4 Å². The van der Waals surface area contributed by atoms with E-state index in [0.29, 0.717) is 4.90 Å². The van der Waals surface area contributed by atoms with Gasteiger partial charge in [0.2, 0.25) is 5.91 Å². The minimum atomic E-state index is -1.31. The molecular weight excluding hydrogens is 158 g/mol. The molecule has 0 spiro atoms. The summed E-state index contributed by atoms with van der Waals surface area (Å²) in [6.45, 7) is 4.28. The summed E-state index contributed by atoms with van der Waals surface area (Å²) in [4.78, 5) is 20.8. The van der Waals surface area contributed by atoms with E-state index in [0.717, 1.165) is 13.1 Å². The Labute approximate surface area is 64.5 Å². The SMILES string of the molecule is C=CN(C(C)=O)C(=O)O.Cl. The van der Waals surface area contributed by atoms with Crippen molar-refractivity contribution in [1.82, 2.24) is 4.90 Å². The van der Waals surface area contributed by atoms with E-state index in [9.17, 15) is 9.59 Å². The molecular formula is C5H8ClNO3. The molecule has 2 amide bonds. The molecule has 0 aromatic heterocycles. The summed E-state index contributed by atoms with van der Waals surface area (Å²) in [5.41, 5.74) is 0. The Balaban J connectivity index is 0. The van der Waals surface area contributed by atoms with Crippen LogP contribution in [0.1, 0.15) is 6.92 Å². The number of nitrogens with zero attached hydrogens (tertiary/aromatic N) is 1. The van der Waals surface area contributed by atoms with Crippen LogP contribution in [0.3, 0.4) is 0 Å². The zero-order valence-corrected chi connectivity index (χ0v) is 6.22. The highest BCUT2D eigenvalue weighted by molar-refractivity contribution is 5.90. The number of carbonyl (C=O) groups is 2. The lowest BCUT2D eigenvalue weighted by atomic mass is 10.6. The summed E-state index contributed by atoms with van der Waals surface area (Å²) in [6.07, 6.45) is -0.359. The molecule has 10 heavy (non-hydrogen) atoms. The predicted octanol–water partition coefficient (Wildman–Crippen LogP) is 1.08. The van der Waals surface area contributed by atoms with E-state index in [1.54, 1.807) is 0 Å². The molecule has 0 radical (unpaired) electrons. The van der Waals surface area contributed by atoms with Crippen molar-refractivity contribution in [3.8, 4) is 0 Å². The smallest absolute Gasteiger partial charge is 0.418 e. The molecule has 0 heterocycles. The van der Waals surface area contributed by atoms with E-state index in [1.807, 2.05) is 0 Å². The topological polar surface area (TPSA) is 57.6 Å². The van der Waals surface area contributed by atoms with Gasteiger partial charge >= 0.3 is 6.09 Å². The Morgan fingerprint density at radius 1 is 1.60 bits per heavy atom. The van der Waals surface area contributed by atoms with E-state index in [2.05, 4.69) is 6.58 Å². The zero-order valence-electron chi connectivity index (χ0n) is 5.40. The molecule has 0 aliphatic carbocycles. The first-order chi connectivity index (χ1) is 4.09. The molecule has 0 rings (SSSR count). The van der Waals surface area contributed by atoms with Crippen molar-refractivity contribution < 1.29 is 14.7 Å². The van der Waals surface area contributed by atoms with Crippen LogP contribution in [0.25, 0.3) is 0 Å². The van der Waals surface area contributed by atoms with Crippen molar-refractivity contribution in [2.24, 2.45) is 0 Å². The normalized spacial score (nSPS) is 7.30. The van der Waals surface area contributed by atoms with Gasteiger partial charge in [0.25, 0.3) is 0 Å². The second-order valence-electron chi connectivity index (χ2n) is 1.35. The third-order valence-electron chi connectivity index (χ3n) is 0.728. The van der Waals surface area contributed by atoms with Gasteiger partial charge < -0.3 is 5.11 Å². The Morgan fingerprint density at radius 3 is 2.00 bits per heavy atom. The summed E-state index contributed by atoms with van der Waals surface area (Å²) in [7, 11) is 0. The molecule has 0 atom stereocenters. The second kappa shape index (κ2) is 4.81. The molecule has 0 saturated heterocycles. The molecule has 4 nitrogen and oxygen atoms in total. The highest BCUT2D eigenvalue weighted by atomic mass is 35.5. The van der Waals surface area contributed by atoms with Crippen molar-refractivity contribution in [1.29, 1.82) is 0 Å². The maximum absolute atomic E-state index is 10.3. The summed E-state index contributed by atoms with van der Waals surface area (Å²) in [5, 5.41) is 8.18. The fourth-order valence-electron chi connectivity index (χ4n) is 0.341. The number of amides is 2. The summed E-state index contributed by atoms with van der Waals surface area (Å²) in [6, 6.07) is 0. The molecule has 1 N–H and O–H groups in total. The molecule has 0 fully saturated rings. The van der Waals surface area contributed by atoms with Crippen LogP contribution in [0.4, 0.5) is 4.79 Å². The molecule has 0 aromatic rings. The first-order valence-corrected chi connectivity index (χ1v) is 2.25. The molecule has 0 unspecified atom stereocenters. The third kappa shape index (κ3) is 3.09. The first-order valence-electron chi connectivity index (χ1n) is 2.25. The van der Waals surface area contributed by atoms with Gasteiger partial charge in [-0.05, 0) is 0 Å². The Bertz CT molecular complexity index is 143. The number of halogens is 1. The lowest BCUT2D eigenvalue weighted by Crippen LogP contribution is -2.27. The quantitative estimate of drug-likeness (QED) is 0.633. The minimum absolute atomic E-state index is 0. The van der Waals surface area contributed by atoms with Gasteiger partial charge in [-0.1, -0.05) is 6.58 Å². The standard InChI is InChI=1S/C5H7NO3.ClH/c1-3-6(4(2)7)5(8)9;/h3H,1H2,2H3,(H,8,9);1H. The van der Waals surface area contributed by atoms with E-state index < -0.39 is 12.0 Å². The van der Waals surface area contributed by atoms with Crippen molar-refractivity contribution >= 4 is 24.4 Å². The molecule has 0 aromatic carbocycles. The number of carboxylic acid groups (broad SMARTS) is 1. The number of hydrogen-bond acceptors (Lipinski definition) is 2. The van der Waals surface area contributed by atoms with Gasteiger partial charge in [-0.2, -0.15) is 0 Å². The van der Waals surface area contributed by atoms with Crippen LogP contribution in [0.5, 0.6) is 0 Å². The Hall–Kier alpha value is -1.03. The fourth-order valence-corrected chi connectivity index (χ4v) is 0.341. The minimum Gasteiger partial charge on any atom is -0.464 e. The summed E-state index contributed by atoms with van der Waals surface area (Å²) >= 11 is 0. The van der Waals surface area contributed by atoms with Crippen molar-refractivity contribution in [3.05, 3.63) is 12.8 Å². The van der Waals surface area contributed by atoms with Crippen LogP contribution >= 0.6 is 12.4 Å². The van der Waals surface area contributed by atoms with Gasteiger partial charge in [0.05, 0.1) is 0 Å². The predicted molar refractivity (Wildman–Crippen MR) is 38.0 cm³/mol. The fraction of sp³-hybridized carbons (Fsp3) is 0.200. The molecule has 58 valence electrons. The number of hydrogen-bond donors (Lipinski definition) is 1. The van der Waals surface area contributed by atoms with E-state index in [1.165, 1.54) is 0 Å². The Morgan fingerprint density at radius 2 is 2.00 bits per heavy atom. The van der Waals surface area contributed by atoms with E-state index in [4.69, 9.17) is 5.11 Å². The van der Waals surface area contributed by atoms with Crippen molar-refractivity contribution in [3.63, 3.8) is 0 Å². The highest BCUT2D eigenvalue weighted by Gasteiger charge is 2.10. The van der Waals surface area contributed by atoms with Crippen molar-refractivity contribution in [2.45, 2.75) is 6.92 Å². The van der Waals surface area contributed by atoms with Crippen LogP contribution in [-0.2, 0) is 4.79 Å². The van der Waals surface area contributed by atoms with Crippen LogP contribution in [0, 0.1) is 0 Å². The lowest BCUT2D eigenvalue weighted by molar-refractivity contribution is -0.124. The van der Waals surface area contributed by atoms with E-state index >= 15 is 0 Å². The van der Waals surface area contributed by atoms with Crippen LogP contribution in [-0.4, -0.2) is 22.0 Å². The molecule has 0 saturated carbocycles. The van der Waals surface area contributed by atoms with Crippen LogP contribution in [0.15, 0.2) is 12.8 Å². The van der Waals surface area contributed by atoms with Gasteiger partial charge in [0.15, 0.2) is 0 Å². The number of carbonyl (C=O) groups excluding carboxylic acids is 1. The maximum Gasteiger partial charge on any atom is 0.418 e. The monoisotopic (exact) mass is 165 g/mol. The van der Waals surface area contributed by atoms with Gasteiger partial charge in [-0.3, -0.25) is 4.79 Å². The van der Waals surface area contributed by atoms with Gasteiger partial charge in [-0.15, -0.1) is 12.4 Å². The first kappa shape index (κ1) is 11.7. The maximum atomic E-state index is 10.3. The van der Waals surface area contributed by atoms with Crippen molar-refractivity contribution in [2.75, 3.05) is 0 Å². The highest BCUT2D eigenvalue weighted by Crippen LogP contribution is 1.88. The van der Waals surface area contributed by atoms with Gasteiger partial charge in [0.1, 0.15) is 0 Å². The molecule has 0 aliphatic heterocycles. The molecule has 5 heteroatoms. The molecule has 0 bridgehead atoms. The molecule has 0 aliphatic rings. The number of imide groups is 1. The second-order valence-corrected chi connectivity index (χ2v) is 1.35. The average molecular weight is 166 g/mol. The van der Waals surface area contributed by atoms with Gasteiger partial charge in [0, 0.05) is 13.1 Å². The zero-order chi connectivity index (χ0) is 7.44. The van der Waals surface area contributed by atoms with Crippen LogP contribution in [0.2, 0.25) is 0 Å². The lowest BCUT2D eigenvalue weighted by Gasteiger charge is -2.06. The Kier molecular flexibility index (Phi) is 5.64. The largest absolute Gasteiger partial charge is 0.464 e. The van der Waals surface area contributed by atoms with Gasteiger partial charge in [-0.25, -0.2) is 9.69 Å².